The molecule has 0 aromatic carbocycles. The van der Waals surface area contributed by atoms with Crippen LogP contribution in [-0.4, -0.2) is 17.5 Å². The summed E-state index contributed by atoms with van der Waals surface area (Å²) in [6.45, 7) is 4.54. The predicted octanol–water partition coefficient (Wildman–Crippen LogP) is 3.49. The average molecular weight is 256 g/mol. The fourth-order valence-corrected chi connectivity index (χ4v) is 3.37. The van der Waals surface area contributed by atoms with Gasteiger partial charge in [-0.25, -0.2) is 0 Å². The lowest BCUT2D eigenvalue weighted by molar-refractivity contribution is 0.567. The van der Waals surface area contributed by atoms with E-state index in [1.807, 2.05) is 11.8 Å². The topological polar surface area (TPSA) is 38.0 Å². The van der Waals surface area contributed by atoms with Crippen molar-refractivity contribution in [3.8, 4) is 0 Å². The van der Waals surface area contributed by atoms with E-state index in [2.05, 4.69) is 25.3 Å². The standard InChI is InChI=1S/C14H28N2S/c1-12(2)10-17-11-14(16-15)13-8-6-4-3-5-7-9-13/h8,12,14,16H,3-7,9-11,15H2,1-2H3. The first-order valence-corrected chi connectivity index (χ1v) is 8.12. The first kappa shape index (κ1) is 15.1. The molecule has 0 fully saturated rings. The number of hydrogen-bond donors (Lipinski definition) is 2. The van der Waals surface area contributed by atoms with Gasteiger partial charge in [-0.05, 0) is 37.4 Å². The maximum absolute atomic E-state index is 5.71. The van der Waals surface area contributed by atoms with Gasteiger partial charge in [0.1, 0.15) is 0 Å². The molecule has 0 aromatic rings. The van der Waals surface area contributed by atoms with Gasteiger partial charge in [-0.2, -0.15) is 11.8 Å². The molecule has 0 radical (unpaired) electrons. The Kier molecular flexibility index (Phi) is 7.99. The number of allylic oxidation sites excluding steroid dienone is 1. The Hall–Kier alpha value is 0.0100. The molecule has 1 aliphatic carbocycles. The van der Waals surface area contributed by atoms with Gasteiger partial charge in [0.2, 0.25) is 0 Å². The van der Waals surface area contributed by atoms with Crippen LogP contribution in [0.5, 0.6) is 0 Å². The minimum Gasteiger partial charge on any atom is -0.271 e. The summed E-state index contributed by atoms with van der Waals surface area (Å²) in [5.41, 5.74) is 4.55. The van der Waals surface area contributed by atoms with Crippen LogP contribution < -0.4 is 11.3 Å². The van der Waals surface area contributed by atoms with E-state index in [4.69, 9.17) is 5.84 Å². The summed E-state index contributed by atoms with van der Waals surface area (Å²) in [6, 6.07) is 0.386. The van der Waals surface area contributed by atoms with Crippen LogP contribution in [0, 0.1) is 5.92 Å². The van der Waals surface area contributed by atoms with E-state index in [0.29, 0.717) is 6.04 Å². The van der Waals surface area contributed by atoms with Crippen LogP contribution in [-0.2, 0) is 0 Å². The van der Waals surface area contributed by atoms with Crippen LogP contribution in [0.2, 0.25) is 0 Å². The molecule has 3 heteroatoms. The molecule has 0 bridgehead atoms. The molecule has 1 atom stereocenters. The van der Waals surface area contributed by atoms with Gasteiger partial charge in [0, 0.05) is 5.75 Å². The van der Waals surface area contributed by atoms with E-state index in [1.165, 1.54) is 44.3 Å². The molecule has 0 saturated carbocycles. The lowest BCUT2D eigenvalue weighted by atomic mass is 9.96. The van der Waals surface area contributed by atoms with Crippen molar-refractivity contribution in [1.29, 1.82) is 0 Å². The van der Waals surface area contributed by atoms with Gasteiger partial charge in [-0.15, -0.1) is 0 Å². The highest BCUT2D eigenvalue weighted by molar-refractivity contribution is 7.99. The lowest BCUT2D eigenvalue weighted by Gasteiger charge is -2.21. The molecule has 0 aromatic heterocycles. The van der Waals surface area contributed by atoms with Gasteiger partial charge in [0.05, 0.1) is 6.04 Å². The summed E-state index contributed by atoms with van der Waals surface area (Å²) >= 11 is 2.02. The van der Waals surface area contributed by atoms with Gasteiger partial charge in [-0.3, -0.25) is 11.3 Å². The minimum atomic E-state index is 0.386. The van der Waals surface area contributed by atoms with Crippen molar-refractivity contribution in [2.45, 2.75) is 58.4 Å². The summed E-state index contributed by atoms with van der Waals surface area (Å²) in [4.78, 5) is 0. The van der Waals surface area contributed by atoms with Crippen LogP contribution in [0.3, 0.4) is 0 Å². The molecule has 0 aliphatic heterocycles. The van der Waals surface area contributed by atoms with E-state index in [9.17, 15) is 0 Å². The quantitative estimate of drug-likeness (QED) is 0.434. The number of hydrogen-bond acceptors (Lipinski definition) is 3. The Balaban J connectivity index is 2.40. The maximum Gasteiger partial charge on any atom is 0.0510 e. The molecule has 3 N–H and O–H groups in total. The lowest BCUT2D eigenvalue weighted by Crippen LogP contribution is -2.38. The van der Waals surface area contributed by atoms with Gasteiger partial charge in [0.15, 0.2) is 0 Å². The fraction of sp³-hybridized carbons (Fsp3) is 0.857. The van der Waals surface area contributed by atoms with E-state index in [-0.39, 0.29) is 0 Å². The molecule has 0 heterocycles. The number of rotatable bonds is 6. The van der Waals surface area contributed by atoms with Crippen LogP contribution in [0.15, 0.2) is 11.6 Å². The second kappa shape index (κ2) is 9.01. The van der Waals surface area contributed by atoms with Gasteiger partial charge < -0.3 is 0 Å². The number of thioether (sulfide) groups is 1. The van der Waals surface area contributed by atoms with Crippen LogP contribution in [0.1, 0.15) is 52.4 Å². The normalized spacial score (nSPS) is 19.6. The zero-order valence-corrected chi connectivity index (χ0v) is 12.2. The van der Waals surface area contributed by atoms with Crippen molar-refractivity contribution >= 4 is 11.8 Å². The summed E-state index contributed by atoms with van der Waals surface area (Å²) in [6.07, 6.45) is 10.4. The van der Waals surface area contributed by atoms with Crippen LogP contribution in [0.4, 0.5) is 0 Å². The third kappa shape index (κ3) is 6.49. The number of nitrogens with one attached hydrogen (secondary N) is 1. The monoisotopic (exact) mass is 256 g/mol. The van der Waals surface area contributed by atoms with Crippen LogP contribution in [0.25, 0.3) is 0 Å². The molecular formula is C14H28N2S. The SMILES string of the molecule is CC(C)CSCC(NN)C1=CCCCCCC1. The van der Waals surface area contributed by atoms with Crippen molar-refractivity contribution in [1.82, 2.24) is 5.43 Å². The van der Waals surface area contributed by atoms with Crippen molar-refractivity contribution < 1.29 is 0 Å². The first-order chi connectivity index (χ1) is 8.24. The molecule has 1 unspecified atom stereocenters. The highest BCUT2D eigenvalue weighted by Crippen LogP contribution is 2.22. The number of hydrazine groups is 1. The predicted molar refractivity (Wildman–Crippen MR) is 79.1 cm³/mol. The molecule has 17 heavy (non-hydrogen) atoms. The van der Waals surface area contributed by atoms with E-state index in [1.54, 1.807) is 5.57 Å². The summed E-state index contributed by atoms with van der Waals surface area (Å²) < 4.78 is 0. The minimum absolute atomic E-state index is 0.386. The van der Waals surface area contributed by atoms with Crippen molar-refractivity contribution in [2.24, 2.45) is 11.8 Å². The van der Waals surface area contributed by atoms with Gasteiger partial charge in [-0.1, -0.05) is 38.3 Å². The summed E-state index contributed by atoms with van der Waals surface area (Å²) in [7, 11) is 0. The van der Waals surface area contributed by atoms with E-state index in [0.717, 1.165) is 11.7 Å². The molecule has 0 spiro atoms. The third-order valence-corrected chi connectivity index (χ3v) is 4.68. The van der Waals surface area contributed by atoms with Crippen molar-refractivity contribution in [3.63, 3.8) is 0 Å². The molecule has 1 rings (SSSR count). The second-order valence-corrected chi connectivity index (χ2v) is 6.46. The Morgan fingerprint density at radius 1 is 1.24 bits per heavy atom. The second-order valence-electron chi connectivity index (χ2n) is 5.38. The maximum atomic E-state index is 5.71. The molecule has 2 nitrogen and oxygen atoms in total. The molecular weight excluding hydrogens is 228 g/mol. The van der Waals surface area contributed by atoms with E-state index >= 15 is 0 Å². The molecule has 100 valence electrons. The largest absolute Gasteiger partial charge is 0.271 e. The van der Waals surface area contributed by atoms with Crippen molar-refractivity contribution in [3.05, 3.63) is 11.6 Å². The highest BCUT2D eigenvalue weighted by Gasteiger charge is 2.13. The molecule has 0 saturated heterocycles. The average Bonchev–Trinajstić information content (AvgIpc) is 2.25. The van der Waals surface area contributed by atoms with E-state index < -0.39 is 0 Å². The van der Waals surface area contributed by atoms with Crippen molar-refractivity contribution in [2.75, 3.05) is 11.5 Å². The zero-order chi connectivity index (χ0) is 12.5. The summed E-state index contributed by atoms with van der Waals surface area (Å²) in [5.74, 6) is 8.81. The highest BCUT2D eigenvalue weighted by atomic mass is 32.2. The van der Waals surface area contributed by atoms with Gasteiger partial charge >= 0.3 is 0 Å². The smallest absolute Gasteiger partial charge is 0.0510 e. The summed E-state index contributed by atoms with van der Waals surface area (Å²) in [5, 5.41) is 0. The first-order valence-electron chi connectivity index (χ1n) is 6.97. The van der Waals surface area contributed by atoms with Crippen LogP contribution >= 0.6 is 11.8 Å². The van der Waals surface area contributed by atoms with Gasteiger partial charge in [0.25, 0.3) is 0 Å². The number of nitrogens with two attached hydrogens (primary N) is 1. The zero-order valence-electron chi connectivity index (χ0n) is 11.4. The third-order valence-electron chi connectivity index (χ3n) is 3.21. The Labute approximate surface area is 111 Å². The molecule has 1 aliphatic rings. The Morgan fingerprint density at radius 3 is 2.71 bits per heavy atom. The Morgan fingerprint density at radius 2 is 2.00 bits per heavy atom. The fourth-order valence-electron chi connectivity index (χ4n) is 2.22. The Bertz CT molecular complexity index is 226. The molecule has 0 amide bonds.